The molecule has 1 saturated heterocycles. The van der Waals surface area contributed by atoms with Crippen LogP contribution in [0, 0.1) is 5.92 Å². The number of nitrogens with one attached hydrogen (secondary N) is 1. The van der Waals surface area contributed by atoms with Gasteiger partial charge < -0.3 is 10.1 Å². The minimum Gasteiger partial charge on any atom is -0.379 e. The van der Waals surface area contributed by atoms with E-state index in [-0.39, 0.29) is 29.7 Å². The second-order valence-electron chi connectivity index (χ2n) is 5.29. The minimum absolute atomic E-state index is 0.00776. The molecule has 0 aromatic heterocycles. The van der Waals surface area contributed by atoms with Crippen molar-refractivity contribution < 1.29 is 14.3 Å². The zero-order chi connectivity index (χ0) is 13.7. The Morgan fingerprint density at radius 2 is 2.11 bits per heavy atom. The van der Waals surface area contributed by atoms with Gasteiger partial charge in [0.25, 0.3) is 0 Å². The van der Waals surface area contributed by atoms with Crippen molar-refractivity contribution in [3.05, 3.63) is 0 Å². The number of hydrogen-bond acceptors (Lipinski definition) is 4. The van der Waals surface area contributed by atoms with Gasteiger partial charge in [-0.2, -0.15) is 0 Å². The Kier molecular flexibility index (Phi) is 5.75. The lowest BCUT2D eigenvalue weighted by atomic mass is 10.0. The Labute approximate surface area is 109 Å². The Morgan fingerprint density at radius 3 is 2.61 bits per heavy atom. The largest absolute Gasteiger partial charge is 0.379 e. The number of hydrogen-bond donors (Lipinski definition) is 1. The van der Waals surface area contributed by atoms with E-state index in [4.69, 9.17) is 4.74 Å². The van der Waals surface area contributed by atoms with Gasteiger partial charge in [-0.25, -0.2) is 0 Å². The average molecular weight is 256 g/mol. The van der Waals surface area contributed by atoms with E-state index in [1.807, 2.05) is 20.8 Å². The maximum absolute atomic E-state index is 11.9. The number of rotatable bonds is 5. The van der Waals surface area contributed by atoms with Crippen molar-refractivity contribution in [1.82, 2.24) is 10.2 Å². The van der Waals surface area contributed by atoms with Crippen LogP contribution in [0.3, 0.4) is 0 Å². The summed E-state index contributed by atoms with van der Waals surface area (Å²) in [5.41, 5.74) is 0. The SMILES string of the molecule is CC(=O)C(NC(=O)CN1CCOCC1C)C(C)C. The lowest BCUT2D eigenvalue weighted by molar-refractivity contribution is -0.129. The first kappa shape index (κ1) is 15.1. The number of nitrogens with zero attached hydrogens (tertiary/aromatic N) is 1. The molecule has 18 heavy (non-hydrogen) atoms. The molecule has 2 unspecified atom stereocenters. The molecule has 0 aliphatic carbocycles. The molecular formula is C13H24N2O3. The molecule has 0 aromatic rings. The predicted molar refractivity (Wildman–Crippen MR) is 69.3 cm³/mol. The van der Waals surface area contributed by atoms with Gasteiger partial charge in [-0.3, -0.25) is 14.5 Å². The Balaban J connectivity index is 2.47. The molecule has 1 N–H and O–H groups in total. The molecule has 1 aliphatic heterocycles. The normalized spacial score (nSPS) is 22.8. The van der Waals surface area contributed by atoms with E-state index in [1.54, 1.807) is 0 Å². The summed E-state index contributed by atoms with van der Waals surface area (Å²) in [6.45, 7) is 9.85. The second kappa shape index (κ2) is 6.85. The number of Topliss-reactive ketones (excluding diaryl/α,β-unsaturated/α-hetero) is 1. The molecule has 0 saturated carbocycles. The molecule has 2 atom stereocenters. The average Bonchev–Trinajstić information content (AvgIpc) is 2.28. The Hall–Kier alpha value is -0.940. The molecule has 1 amide bonds. The lowest BCUT2D eigenvalue weighted by Gasteiger charge is -2.33. The maximum Gasteiger partial charge on any atom is 0.234 e. The molecule has 0 spiro atoms. The van der Waals surface area contributed by atoms with Gasteiger partial charge in [0.2, 0.25) is 5.91 Å². The number of carbonyl (C=O) groups excluding carboxylic acids is 2. The summed E-state index contributed by atoms with van der Waals surface area (Å²) in [6.07, 6.45) is 0. The van der Waals surface area contributed by atoms with Crippen molar-refractivity contribution in [2.24, 2.45) is 5.92 Å². The van der Waals surface area contributed by atoms with Crippen LogP contribution >= 0.6 is 0 Å². The van der Waals surface area contributed by atoms with E-state index in [0.29, 0.717) is 19.8 Å². The number of amides is 1. The minimum atomic E-state index is -0.381. The highest BCUT2D eigenvalue weighted by atomic mass is 16.5. The van der Waals surface area contributed by atoms with Crippen molar-refractivity contribution >= 4 is 11.7 Å². The summed E-state index contributed by atoms with van der Waals surface area (Å²) in [6, 6.07) is -0.131. The third kappa shape index (κ3) is 4.38. The van der Waals surface area contributed by atoms with Crippen LogP contribution in [0.1, 0.15) is 27.7 Å². The van der Waals surface area contributed by atoms with E-state index in [0.717, 1.165) is 6.54 Å². The van der Waals surface area contributed by atoms with Crippen molar-refractivity contribution in [3.8, 4) is 0 Å². The molecule has 1 rings (SSSR count). The summed E-state index contributed by atoms with van der Waals surface area (Å²) in [7, 11) is 0. The zero-order valence-corrected chi connectivity index (χ0v) is 11.7. The number of morpholine rings is 1. The first-order chi connectivity index (χ1) is 8.41. The molecule has 0 bridgehead atoms. The Bertz CT molecular complexity index is 305. The van der Waals surface area contributed by atoms with Gasteiger partial charge in [-0.1, -0.05) is 13.8 Å². The fourth-order valence-electron chi connectivity index (χ4n) is 2.14. The van der Waals surface area contributed by atoms with E-state index in [1.165, 1.54) is 6.92 Å². The van der Waals surface area contributed by atoms with Crippen LogP contribution < -0.4 is 5.32 Å². The molecule has 1 aliphatic rings. The van der Waals surface area contributed by atoms with Crippen LogP contribution in [0.2, 0.25) is 0 Å². The van der Waals surface area contributed by atoms with Crippen molar-refractivity contribution in [2.75, 3.05) is 26.3 Å². The van der Waals surface area contributed by atoms with Gasteiger partial charge in [0.05, 0.1) is 25.8 Å². The number of carbonyl (C=O) groups is 2. The van der Waals surface area contributed by atoms with Crippen LogP contribution in [0.4, 0.5) is 0 Å². The fraction of sp³-hybridized carbons (Fsp3) is 0.846. The van der Waals surface area contributed by atoms with Gasteiger partial charge in [-0.05, 0) is 19.8 Å². The Morgan fingerprint density at radius 1 is 1.44 bits per heavy atom. The van der Waals surface area contributed by atoms with Gasteiger partial charge in [0.1, 0.15) is 0 Å². The molecule has 1 fully saturated rings. The zero-order valence-electron chi connectivity index (χ0n) is 11.7. The summed E-state index contributed by atoms with van der Waals surface area (Å²) in [5.74, 6) is 0.0413. The summed E-state index contributed by atoms with van der Waals surface area (Å²) in [5, 5.41) is 2.81. The topological polar surface area (TPSA) is 58.6 Å². The highest BCUT2D eigenvalue weighted by Gasteiger charge is 2.24. The third-order valence-corrected chi connectivity index (χ3v) is 3.27. The van der Waals surface area contributed by atoms with Crippen LogP contribution in [0.5, 0.6) is 0 Å². The highest BCUT2D eigenvalue weighted by molar-refractivity contribution is 5.88. The van der Waals surface area contributed by atoms with Gasteiger partial charge >= 0.3 is 0 Å². The van der Waals surface area contributed by atoms with E-state index >= 15 is 0 Å². The standard InChI is InChI=1S/C13H24N2O3/c1-9(2)13(11(4)16)14-12(17)7-15-5-6-18-8-10(15)3/h9-10,13H,5-8H2,1-4H3,(H,14,17). The van der Waals surface area contributed by atoms with Gasteiger partial charge in [0.15, 0.2) is 5.78 Å². The smallest absolute Gasteiger partial charge is 0.234 e. The highest BCUT2D eigenvalue weighted by Crippen LogP contribution is 2.06. The van der Waals surface area contributed by atoms with Crippen molar-refractivity contribution in [2.45, 2.75) is 39.8 Å². The molecule has 0 aromatic carbocycles. The first-order valence-corrected chi connectivity index (χ1v) is 6.53. The molecular weight excluding hydrogens is 232 g/mol. The van der Waals surface area contributed by atoms with Crippen LogP contribution in [0.15, 0.2) is 0 Å². The van der Waals surface area contributed by atoms with Crippen LogP contribution in [0.25, 0.3) is 0 Å². The van der Waals surface area contributed by atoms with Crippen molar-refractivity contribution in [1.29, 1.82) is 0 Å². The summed E-state index contributed by atoms with van der Waals surface area (Å²) in [4.78, 5) is 25.4. The fourth-order valence-corrected chi connectivity index (χ4v) is 2.14. The quantitative estimate of drug-likeness (QED) is 0.775. The van der Waals surface area contributed by atoms with Crippen LogP contribution in [-0.2, 0) is 14.3 Å². The first-order valence-electron chi connectivity index (χ1n) is 6.53. The van der Waals surface area contributed by atoms with E-state index < -0.39 is 0 Å². The molecule has 5 nitrogen and oxygen atoms in total. The molecule has 1 heterocycles. The van der Waals surface area contributed by atoms with E-state index in [2.05, 4.69) is 10.2 Å². The lowest BCUT2D eigenvalue weighted by Crippen LogP contribution is -2.51. The monoisotopic (exact) mass is 256 g/mol. The third-order valence-electron chi connectivity index (χ3n) is 3.27. The number of ketones is 1. The molecule has 104 valence electrons. The molecule has 0 radical (unpaired) electrons. The van der Waals surface area contributed by atoms with Crippen LogP contribution in [-0.4, -0.2) is 55.0 Å². The second-order valence-corrected chi connectivity index (χ2v) is 5.29. The van der Waals surface area contributed by atoms with E-state index in [9.17, 15) is 9.59 Å². The van der Waals surface area contributed by atoms with Crippen molar-refractivity contribution in [3.63, 3.8) is 0 Å². The molecule has 5 heteroatoms. The summed E-state index contributed by atoms with van der Waals surface area (Å²) >= 11 is 0. The predicted octanol–water partition coefficient (Wildman–Crippen LogP) is 0.437. The summed E-state index contributed by atoms with van der Waals surface area (Å²) < 4.78 is 5.32. The van der Waals surface area contributed by atoms with Gasteiger partial charge in [0, 0.05) is 12.6 Å². The maximum atomic E-state index is 11.9. The van der Waals surface area contributed by atoms with Gasteiger partial charge in [-0.15, -0.1) is 0 Å². The number of ether oxygens (including phenoxy) is 1.